The zero-order chi connectivity index (χ0) is 24.5. The second-order valence-electron chi connectivity index (χ2n) is 8.89. The largest absolute Gasteiger partial charge is 0.343 e. The lowest BCUT2D eigenvalue weighted by Gasteiger charge is -2.23. The molecule has 2 aromatic carbocycles. The maximum Gasteiger partial charge on any atom is 0.267 e. The fraction of sp³-hybridized carbons (Fsp3) is 0.296. The standard InChI is InChI=1S/C27H27F2N3O2/c1-17-7-6-10-22(23-13-20(11-12-21(17)23)19-8-4-3-5-9-19)26(34)31-15-25(33)32-16-27(28,29)14-24(32)18(2)30/h3-13,17,24,30H,14-16H2,1-2H3,(H,31,34)/t17?,24-/m0/s1. The van der Waals surface area contributed by atoms with Gasteiger partial charge in [-0.25, -0.2) is 8.78 Å². The van der Waals surface area contributed by atoms with Gasteiger partial charge in [0.05, 0.1) is 19.1 Å². The summed E-state index contributed by atoms with van der Waals surface area (Å²) in [5.41, 5.74) is 4.15. The molecule has 7 heteroatoms. The van der Waals surface area contributed by atoms with Crippen molar-refractivity contribution in [2.45, 2.75) is 38.2 Å². The van der Waals surface area contributed by atoms with E-state index in [0.717, 1.165) is 27.2 Å². The number of nitrogens with one attached hydrogen (secondary N) is 2. The van der Waals surface area contributed by atoms with Crippen LogP contribution in [0.3, 0.4) is 0 Å². The first-order chi connectivity index (χ1) is 16.2. The average Bonchev–Trinajstić information content (AvgIpc) is 3.06. The molecule has 2 amide bonds. The van der Waals surface area contributed by atoms with Crippen molar-refractivity contribution in [2.75, 3.05) is 13.1 Å². The highest BCUT2D eigenvalue weighted by Crippen LogP contribution is 2.34. The number of fused-ring (bicyclic) bond motifs is 1. The topological polar surface area (TPSA) is 73.3 Å². The number of hydrogen-bond donors (Lipinski definition) is 2. The molecule has 2 aromatic rings. The normalized spacial score (nSPS) is 20.8. The Hall–Kier alpha value is -3.61. The van der Waals surface area contributed by atoms with Crippen LogP contribution in [-0.4, -0.2) is 47.5 Å². The Balaban J connectivity index is 1.55. The first-order valence-electron chi connectivity index (χ1n) is 11.2. The summed E-state index contributed by atoms with van der Waals surface area (Å²) in [7, 11) is 0. The van der Waals surface area contributed by atoms with Gasteiger partial charge in [0.2, 0.25) is 5.91 Å². The third-order valence-electron chi connectivity index (χ3n) is 6.34. The second kappa shape index (κ2) is 9.33. The summed E-state index contributed by atoms with van der Waals surface area (Å²) in [5.74, 6) is -4.03. The van der Waals surface area contributed by atoms with Crippen molar-refractivity contribution in [2.24, 2.45) is 0 Å². The van der Waals surface area contributed by atoms with E-state index < -0.39 is 43.3 Å². The zero-order valence-electron chi connectivity index (χ0n) is 19.1. The van der Waals surface area contributed by atoms with E-state index in [4.69, 9.17) is 5.41 Å². The van der Waals surface area contributed by atoms with E-state index in [0.29, 0.717) is 5.57 Å². The number of carbonyl (C=O) groups excluding carboxylic acids is 2. The predicted molar refractivity (Wildman–Crippen MR) is 129 cm³/mol. The van der Waals surface area contributed by atoms with E-state index in [1.807, 2.05) is 67.6 Å². The summed E-state index contributed by atoms with van der Waals surface area (Å²) in [5, 5.41) is 10.4. The van der Waals surface area contributed by atoms with Crippen molar-refractivity contribution < 1.29 is 18.4 Å². The van der Waals surface area contributed by atoms with Crippen LogP contribution >= 0.6 is 0 Å². The minimum absolute atomic E-state index is 0.00446. The van der Waals surface area contributed by atoms with E-state index >= 15 is 0 Å². The Labute approximate surface area is 197 Å². The van der Waals surface area contributed by atoms with Crippen LogP contribution in [0.15, 0.2) is 66.8 Å². The van der Waals surface area contributed by atoms with Crippen LogP contribution < -0.4 is 5.32 Å². The molecule has 0 saturated carbocycles. The fourth-order valence-electron chi connectivity index (χ4n) is 4.53. The number of allylic oxidation sites excluding steroid dienone is 3. The van der Waals surface area contributed by atoms with Gasteiger partial charge in [0.25, 0.3) is 11.8 Å². The van der Waals surface area contributed by atoms with Crippen LogP contribution in [0, 0.1) is 5.41 Å². The van der Waals surface area contributed by atoms with Gasteiger partial charge in [-0.1, -0.05) is 61.5 Å². The lowest BCUT2D eigenvalue weighted by atomic mass is 9.89. The summed E-state index contributed by atoms with van der Waals surface area (Å²) >= 11 is 0. The molecule has 2 N–H and O–H groups in total. The van der Waals surface area contributed by atoms with Gasteiger partial charge in [0.15, 0.2) is 0 Å². The molecule has 1 aliphatic heterocycles. The van der Waals surface area contributed by atoms with Crippen molar-refractivity contribution in [1.82, 2.24) is 10.2 Å². The summed E-state index contributed by atoms with van der Waals surface area (Å²) in [6, 6.07) is 14.9. The van der Waals surface area contributed by atoms with E-state index in [-0.39, 0.29) is 11.6 Å². The maximum atomic E-state index is 13.9. The van der Waals surface area contributed by atoms with Gasteiger partial charge in [0.1, 0.15) is 0 Å². The molecular weight excluding hydrogens is 436 g/mol. The highest BCUT2D eigenvalue weighted by atomic mass is 19.3. The summed E-state index contributed by atoms with van der Waals surface area (Å²) in [6.07, 6.45) is 4.96. The average molecular weight is 464 g/mol. The van der Waals surface area contributed by atoms with Gasteiger partial charge >= 0.3 is 0 Å². The third kappa shape index (κ3) is 4.83. The first-order valence-corrected chi connectivity index (χ1v) is 11.2. The molecule has 0 radical (unpaired) electrons. The molecule has 1 fully saturated rings. The maximum absolute atomic E-state index is 13.9. The molecule has 5 nitrogen and oxygen atoms in total. The minimum atomic E-state index is -3.04. The number of halogens is 2. The Morgan fingerprint density at radius 2 is 1.88 bits per heavy atom. The summed E-state index contributed by atoms with van der Waals surface area (Å²) in [6.45, 7) is 2.30. The fourth-order valence-corrected chi connectivity index (χ4v) is 4.53. The Morgan fingerprint density at radius 1 is 1.15 bits per heavy atom. The van der Waals surface area contributed by atoms with Gasteiger partial charge in [-0.15, -0.1) is 0 Å². The molecule has 1 aliphatic carbocycles. The smallest absolute Gasteiger partial charge is 0.267 e. The summed E-state index contributed by atoms with van der Waals surface area (Å²) in [4.78, 5) is 26.8. The molecule has 176 valence electrons. The third-order valence-corrected chi connectivity index (χ3v) is 6.34. The molecule has 4 rings (SSSR count). The molecule has 1 unspecified atom stereocenters. The van der Waals surface area contributed by atoms with Crippen LogP contribution in [0.1, 0.15) is 37.3 Å². The van der Waals surface area contributed by atoms with E-state index in [1.54, 1.807) is 6.08 Å². The molecule has 1 heterocycles. The Kier molecular flexibility index (Phi) is 6.46. The van der Waals surface area contributed by atoms with Gasteiger partial charge in [-0.3, -0.25) is 9.59 Å². The first kappa shape index (κ1) is 23.5. The number of carbonyl (C=O) groups is 2. The highest BCUT2D eigenvalue weighted by molar-refractivity contribution is 6.21. The van der Waals surface area contributed by atoms with Crippen LogP contribution in [-0.2, 0) is 9.59 Å². The summed E-state index contributed by atoms with van der Waals surface area (Å²) < 4.78 is 27.8. The van der Waals surface area contributed by atoms with Crippen molar-refractivity contribution in [3.8, 4) is 11.1 Å². The Bertz CT molecular complexity index is 1190. The van der Waals surface area contributed by atoms with Crippen molar-refractivity contribution in [1.29, 1.82) is 5.41 Å². The van der Waals surface area contributed by atoms with Crippen LogP contribution in [0.4, 0.5) is 8.78 Å². The van der Waals surface area contributed by atoms with Gasteiger partial charge in [-0.05, 0) is 47.2 Å². The highest BCUT2D eigenvalue weighted by Gasteiger charge is 2.47. The van der Waals surface area contributed by atoms with Crippen LogP contribution in [0.5, 0.6) is 0 Å². The number of amides is 2. The van der Waals surface area contributed by atoms with Crippen molar-refractivity contribution in [3.63, 3.8) is 0 Å². The lowest BCUT2D eigenvalue weighted by molar-refractivity contribution is -0.132. The number of likely N-dealkylation sites (tertiary alicyclic amines) is 1. The lowest BCUT2D eigenvalue weighted by Crippen LogP contribution is -2.45. The molecule has 2 aliphatic rings. The quantitative estimate of drug-likeness (QED) is 0.625. The van der Waals surface area contributed by atoms with E-state index in [2.05, 4.69) is 5.32 Å². The molecule has 1 saturated heterocycles. The second-order valence-corrected chi connectivity index (χ2v) is 8.89. The van der Waals surface area contributed by atoms with Crippen molar-refractivity contribution in [3.05, 3.63) is 77.9 Å². The molecule has 34 heavy (non-hydrogen) atoms. The van der Waals surface area contributed by atoms with E-state index in [1.165, 1.54) is 6.92 Å². The van der Waals surface area contributed by atoms with Gasteiger partial charge in [-0.2, -0.15) is 0 Å². The number of hydrogen-bond acceptors (Lipinski definition) is 3. The minimum Gasteiger partial charge on any atom is -0.343 e. The van der Waals surface area contributed by atoms with E-state index in [9.17, 15) is 18.4 Å². The SMILES string of the molecule is CC(=N)[C@@H]1CC(F)(F)CN1C(=O)CNC(=O)C1=CC=CC(C)c2ccc(-c3ccccc3)cc21. The molecule has 0 bridgehead atoms. The predicted octanol–water partition coefficient (Wildman–Crippen LogP) is 4.80. The number of nitrogens with zero attached hydrogens (tertiary/aromatic N) is 1. The molecule has 0 aromatic heterocycles. The van der Waals surface area contributed by atoms with Crippen molar-refractivity contribution >= 4 is 23.1 Å². The monoisotopic (exact) mass is 463 g/mol. The van der Waals surface area contributed by atoms with Gasteiger partial charge in [0, 0.05) is 17.7 Å². The number of rotatable bonds is 5. The number of benzene rings is 2. The number of alkyl halides is 2. The zero-order valence-corrected chi connectivity index (χ0v) is 19.1. The van der Waals surface area contributed by atoms with Crippen LogP contribution in [0.25, 0.3) is 16.7 Å². The Morgan fingerprint density at radius 3 is 2.59 bits per heavy atom. The van der Waals surface area contributed by atoms with Crippen LogP contribution in [0.2, 0.25) is 0 Å². The molecular formula is C27H27F2N3O2. The molecule has 2 atom stereocenters. The van der Waals surface area contributed by atoms with Gasteiger partial charge < -0.3 is 15.6 Å². The molecule has 0 spiro atoms.